The first-order chi connectivity index (χ1) is 50.2. The Labute approximate surface area is 650 Å². The Kier molecular flexibility index (Phi) is 28.4. The molecule has 16 nitrogen and oxygen atoms in total. The topological polar surface area (TPSA) is 251 Å². The van der Waals surface area contributed by atoms with E-state index in [1.165, 1.54) is 63.7 Å². The number of hydrogen-bond donors (Lipinski definition) is 0. The molecular formula is C78H60F6O16P4Pd2S2-2. The molecule has 108 heavy (non-hydrogen) atoms. The monoisotopic (exact) mass is 1770 g/mol. The number of halogens is 6. The Bertz CT molecular complexity index is 4460. The number of benzene rings is 12. The van der Waals surface area contributed by atoms with Gasteiger partial charge in [0.05, 0.1) is 0 Å². The number of alkyl halides is 6. The van der Waals surface area contributed by atoms with E-state index in [1.807, 2.05) is 0 Å². The van der Waals surface area contributed by atoms with Crippen LogP contribution >= 0.6 is 31.7 Å². The third-order valence-electron chi connectivity index (χ3n) is 16.2. The van der Waals surface area contributed by atoms with Gasteiger partial charge in [0.2, 0.25) is 27.2 Å². The van der Waals surface area contributed by atoms with Crippen molar-refractivity contribution in [2.24, 2.45) is 0 Å². The maximum absolute atomic E-state index is 10.7. The summed E-state index contributed by atoms with van der Waals surface area (Å²) < 4.78 is 167. The van der Waals surface area contributed by atoms with Crippen LogP contribution in [0.15, 0.2) is 291 Å². The molecule has 564 valence electrons. The summed E-state index contributed by atoms with van der Waals surface area (Å²) in [6.45, 7) is 0.699. The van der Waals surface area contributed by atoms with Crippen molar-refractivity contribution in [3.8, 4) is 68.2 Å². The fourth-order valence-electron chi connectivity index (χ4n) is 11.9. The van der Waals surface area contributed by atoms with Crippen LogP contribution in [0.4, 0.5) is 26.3 Å². The van der Waals surface area contributed by atoms with Gasteiger partial charge in [-0.3, -0.25) is 0 Å². The maximum atomic E-state index is 10.7. The minimum Gasteiger partial charge on any atom is -0.741 e. The molecule has 12 aromatic carbocycles. The Hall–Kier alpha value is -8.60. The fourth-order valence-corrected chi connectivity index (χ4v) is 21.7. The summed E-state index contributed by atoms with van der Waals surface area (Å²) in [7, 11) is -16.1. The van der Waals surface area contributed by atoms with E-state index in [0.29, 0.717) is 0 Å². The van der Waals surface area contributed by atoms with Crippen LogP contribution in [0.5, 0.6) is 46.0 Å². The molecule has 4 N–H and O–H groups in total. The molecule has 0 bridgehead atoms. The van der Waals surface area contributed by atoms with Crippen molar-refractivity contribution < 1.29 is 142 Å². The molecule has 4 heterocycles. The van der Waals surface area contributed by atoms with Crippen LogP contribution < -0.4 is 102 Å². The molecule has 0 fully saturated rings. The van der Waals surface area contributed by atoms with Crippen molar-refractivity contribution in [1.82, 2.24) is 0 Å². The van der Waals surface area contributed by atoms with Crippen LogP contribution in [0.2, 0.25) is 0 Å². The second kappa shape index (κ2) is 36.7. The van der Waals surface area contributed by atoms with Crippen molar-refractivity contribution >= 4 is 116 Å². The number of hydrogen-bond acceptors (Lipinski definition) is 14. The first-order valence-corrected chi connectivity index (χ1v) is 39.8. The number of rotatable bonds is 14. The van der Waals surface area contributed by atoms with E-state index >= 15 is 0 Å². The molecule has 12 aromatic rings. The van der Waals surface area contributed by atoms with Crippen molar-refractivity contribution in [2.45, 2.75) is 11.0 Å². The summed E-state index contributed by atoms with van der Waals surface area (Å²) >= 11 is 0. The first kappa shape index (κ1) is 83.4. The van der Waals surface area contributed by atoms with Gasteiger partial charge in [-0.05, 0) is 144 Å². The zero-order valence-corrected chi connectivity index (χ0v) is 64.1. The van der Waals surface area contributed by atoms with Crippen LogP contribution in [0.25, 0.3) is 22.3 Å². The van der Waals surface area contributed by atoms with E-state index in [9.17, 15) is 26.3 Å². The summed E-state index contributed by atoms with van der Waals surface area (Å²) in [4.78, 5) is 0. The van der Waals surface area contributed by atoms with Crippen LogP contribution in [-0.2, 0) is 61.1 Å². The second-order valence-electron chi connectivity index (χ2n) is 22.6. The van der Waals surface area contributed by atoms with Crippen LogP contribution in [0, 0.1) is 0 Å². The minimum absolute atomic E-state index is 0. The standard InChI is InChI=1S/2C38H28O4P2.2CHF3O3S.2H2O.2Pd/c2*1-5-13-27(14-6-1)43(28-15-7-2-8-16-28)33-23-21-31-37(41-25-39-31)35(33)36-34(24-22-32-38(36)42-26-40-32)44(29-17-9-3-10-18-29)30-19-11-4-12-20-30;2*2-1(3,4)8(5,6)7;;;;/h2*1-24H,25-26H2;2*(H,5,6,7);2*1H2;;/p-2. The average Bonchev–Trinajstić information content (AvgIpc) is 1.41. The minimum atomic E-state index is -6.09. The fraction of sp³-hybridized carbons (Fsp3) is 0.0769. The van der Waals surface area contributed by atoms with Crippen molar-refractivity contribution in [1.29, 1.82) is 0 Å². The van der Waals surface area contributed by atoms with Gasteiger partial charge < -0.3 is 58.0 Å². The molecule has 0 aromatic heterocycles. The number of fused-ring (bicyclic) bond motifs is 4. The zero-order chi connectivity index (χ0) is 72.6. The molecule has 16 rings (SSSR count). The normalized spacial score (nSPS) is 12.7. The van der Waals surface area contributed by atoms with Gasteiger partial charge in [-0.2, -0.15) is 26.3 Å². The molecule has 4 aliphatic rings. The van der Waals surface area contributed by atoms with Crippen molar-refractivity contribution in [3.05, 3.63) is 291 Å². The van der Waals surface area contributed by atoms with Crippen molar-refractivity contribution in [2.75, 3.05) is 27.2 Å². The van der Waals surface area contributed by atoms with E-state index < -0.39 is 62.9 Å². The van der Waals surface area contributed by atoms with Gasteiger partial charge in [-0.15, -0.1) is 0 Å². The summed E-state index contributed by atoms with van der Waals surface area (Å²) in [5, 5.41) is 14.8. The molecule has 30 heteroatoms. The molecule has 0 saturated heterocycles. The van der Waals surface area contributed by atoms with Crippen molar-refractivity contribution in [3.63, 3.8) is 0 Å². The predicted molar refractivity (Wildman–Crippen MR) is 402 cm³/mol. The molecule has 0 saturated carbocycles. The van der Waals surface area contributed by atoms with Gasteiger partial charge in [0.1, 0.15) is 0 Å². The molecular weight excluding hydrogens is 1710 g/mol. The van der Waals surface area contributed by atoms with E-state index in [4.69, 9.17) is 63.8 Å². The largest absolute Gasteiger partial charge is 0.741 e. The summed E-state index contributed by atoms with van der Waals surface area (Å²) in [5.74, 6) is 5.98. The Morgan fingerprint density at radius 1 is 0.250 bits per heavy atom. The van der Waals surface area contributed by atoms with Gasteiger partial charge >= 0.3 is 11.0 Å². The van der Waals surface area contributed by atoms with Gasteiger partial charge in [-0.25, -0.2) is 16.8 Å². The molecule has 0 atom stereocenters. The third-order valence-corrected chi connectivity index (χ3v) is 27.3. The molecule has 0 amide bonds. The second-order valence-corrected chi connectivity index (χ2v) is 34.1. The van der Waals surface area contributed by atoms with E-state index in [0.717, 1.165) is 68.2 Å². The average molecular weight is 1770 g/mol. The van der Waals surface area contributed by atoms with Crippen LogP contribution in [-0.4, -0.2) is 75.1 Å². The SMILES string of the molecule is O.O.O=S(=O)([O-])C(F)(F)F.O=S(=O)([O-])C(F)(F)F.[Pd].[Pd].c1ccc(P(c2ccccc2)c2ccc3c(c2-c2c(P(c4ccccc4)c4ccccc4)ccc4c2OCO4)OCO3)cc1.c1ccc(P(c2ccccc2)c2ccc3c(c2-c2c(P(c4ccccc4)c4ccccc4)ccc4c2OCO4)OCO3)cc1. The van der Waals surface area contributed by atoms with E-state index in [1.54, 1.807) is 0 Å². The number of ether oxygens (including phenoxy) is 8. The smallest absolute Gasteiger partial charge is 0.485 e. The maximum Gasteiger partial charge on any atom is 0.485 e. The molecule has 0 spiro atoms. The molecule has 0 aliphatic carbocycles. The van der Waals surface area contributed by atoms with Gasteiger partial charge in [0, 0.05) is 63.1 Å². The Balaban J connectivity index is 0.000000201. The zero-order valence-electron chi connectivity index (χ0n) is 55.8. The predicted octanol–water partition coefficient (Wildman–Crippen LogP) is 11.1. The van der Waals surface area contributed by atoms with E-state index in [2.05, 4.69) is 291 Å². The Morgan fingerprint density at radius 3 is 0.519 bits per heavy atom. The molecule has 0 radical (unpaired) electrons. The summed E-state index contributed by atoms with van der Waals surface area (Å²) in [5.41, 5.74) is -7.25. The quantitative estimate of drug-likeness (QED) is 0.0323. The van der Waals surface area contributed by atoms with E-state index in [-0.39, 0.29) is 79.0 Å². The third kappa shape index (κ3) is 18.5. The molecule has 0 unspecified atom stereocenters. The van der Waals surface area contributed by atoms with Gasteiger partial charge in [0.25, 0.3) is 0 Å². The Morgan fingerprint density at radius 2 is 0.389 bits per heavy atom. The van der Waals surface area contributed by atoms with Gasteiger partial charge in [0.15, 0.2) is 66.2 Å². The van der Waals surface area contributed by atoms with Crippen LogP contribution in [0.1, 0.15) is 0 Å². The van der Waals surface area contributed by atoms with Gasteiger partial charge in [-0.1, -0.05) is 243 Å². The summed E-state index contributed by atoms with van der Waals surface area (Å²) in [6, 6.07) is 103. The molecule has 4 aliphatic heterocycles. The van der Waals surface area contributed by atoms with Crippen LogP contribution in [0.3, 0.4) is 0 Å². The first-order valence-electron chi connectivity index (χ1n) is 31.6. The summed E-state index contributed by atoms with van der Waals surface area (Å²) in [6.07, 6.45) is 0.